The Bertz CT molecular complexity index is 168. The predicted octanol–water partition coefficient (Wildman–Crippen LogP) is 3.58. The van der Waals surface area contributed by atoms with Gasteiger partial charge in [-0.1, -0.05) is 26.2 Å². The third-order valence-corrected chi connectivity index (χ3v) is 2.42. The van der Waals surface area contributed by atoms with Crippen molar-refractivity contribution in [2.75, 3.05) is 0 Å². The topological polar surface area (TPSA) is 12.4 Å². The van der Waals surface area contributed by atoms with Crippen LogP contribution in [-0.2, 0) is 0 Å². The molecule has 0 unspecified atom stereocenters. The molecule has 1 nitrogen and oxygen atoms in total. The fraction of sp³-hybridized carbons (Fsp3) is 0.909. The van der Waals surface area contributed by atoms with Gasteiger partial charge in [-0.3, -0.25) is 4.99 Å². The number of nitrogens with zero attached hydrogens (tertiary/aromatic N) is 1. The van der Waals surface area contributed by atoms with Crippen molar-refractivity contribution in [2.45, 2.75) is 64.8 Å². The van der Waals surface area contributed by atoms with Crippen molar-refractivity contribution in [2.24, 2.45) is 4.99 Å². The summed E-state index contributed by atoms with van der Waals surface area (Å²) in [5.41, 5.74) is 1.73. The van der Waals surface area contributed by atoms with E-state index in [1.807, 2.05) is 0 Å². The van der Waals surface area contributed by atoms with E-state index in [1.165, 1.54) is 44.2 Å². The number of aliphatic imine (C=N–C) groups is 1. The molecule has 0 amide bonds. The lowest BCUT2D eigenvalue weighted by atomic mass is 9.88. The van der Waals surface area contributed by atoms with Crippen LogP contribution in [0.25, 0.3) is 0 Å². The van der Waals surface area contributed by atoms with Gasteiger partial charge in [-0.15, -0.1) is 0 Å². The molecule has 0 aromatic rings. The maximum absolute atomic E-state index is 4.57. The molecule has 1 aliphatic rings. The molecule has 0 bridgehead atoms. The molecular weight excluding hydrogens is 146 g/mol. The van der Waals surface area contributed by atoms with Crippen LogP contribution in [0.2, 0.25) is 0 Å². The van der Waals surface area contributed by atoms with E-state index < -0.39 is 0 Å². The molecule has 0 atom stereocenters. The average Bonchev–Trinajstić information content (AvgIpc) is 1.94. The van der Waals surface area contributed by atoms with Gasteiger partial charge in [-0.05, 0) is 26.7 Å². The lowest BCUT2D eigenvalue weighted by molar-refractivity contribution is 0.484. The van der Waals surface area contributed by atoms with Crippen LogP contribution in [0.4, 0.5) is 0 Å². The lowest BCUT2D eigenvalue weighted by Crippen LogP contribution is -2.32. The van der Waals surface area contributed by atoms with Gasteiger partial charge in [0.1, 0.15) is 0 Å². The maximum Gasteiger partial charge on any atom is 0.0603 e. The molecule has 0 saturated heterocycles. The van der Waals surface area contributed by atoms with E-state index in [0.29, 0.717) is 0 Å². The molecule has 0 radical (unpaired) electrons. The molecule has 70 valence electrons. The minimum atomic E-state index is 0.278. The molecule has 12 heavy (non-hydrogen) atoms. The second-order valence-corrected chi connectivity index (χ2v) is 4.48. The van der Waals surface area contributed by atoms with Gasteiger partial charge in [0.15, 0.2) is 0 Å². The third kappa shape index (κ3) is 2.96. The van der Waals surface area contributed by atoms with Gasteiger partial charge in [0.2, 0.25) is 0 Å². The van der Waals surface area contributed by atoms with Crippen LogP contribution >= 0.6 is 0 Å². The molecule has 1 heterocycles. The lowest BCUT2D eigenvalue weighted by Gasteiger charge is -2.31. The van der Waals surface area contributed by atoms with E-state index in [4.69, 9.17) is 0 Å². The second kappa shape index (κ2) is 4.06. The Hall–Kier alpha value is -0.330. The molecule has 0 fully saturated rings. The first-order valence-corrected chi connectivity index (χ1v) is 5.21. The number of rotatable bonds is 5. The Kier molecular flexibility index (Phi) is 3.30. The van der Waals surface area contributed by atoms with Crippen LogP contribution in [0.15, 0.2) is 4.99 Å². The van der Waals surface area contributed by atoms with E-state index in [1.54, 1.807) is 0 Å². The quantitative estimate of drug-likeness (QED) is 0.555. The van der Waals surface area contributed by atoms with Gasteiger partial charge < -0.3 is 0 Å². The zero-order valence-corrected chi connectivity index (χ0v) is 8.69. The minimum Gasteiger partial charge on any atom is -0.288 e. The van der Waals surface area contributed by atoms with Crippen molar-refractivity contribution >= 4 is 5.71 Å². The Morgan fingerprint density at radius 1 is 1.25 bits per heavy atom. The summed E-state index contributed by atoms with van der Waals surface area (Å²) in [6, 6.07) is 0. The number of hydrogen-bond acceptors (Lipinski definition) is 1. The Morgan fingerprint density at radius 3 is 2.42 bits per heavy atom. The van der Waals surface area contributed by atoms with Crippen molar-refractivity contribution in [3.63, 3.8) is 0 Å². The molecule has 0 N–H and O–H groups in total. The highest BCUT2D eigenvalue weighted by Crippen LogP contribution is 2.27. The zero-order valence-electron chi connectivity index (χ0n) is 8.69. The van der Waals surface area contributed by atoms with E-state index in [0.717, 1.165) is 0 Å². The molecule has 1 aliphatic heterocycles. The fourth-order valence-electron chi connectivity index (χ4n) is 1.82. The van der Waals surface area contributed by atoms with Crippen LogP contribution in [0.3, 0.4) is 0 Å². The zero-order chi connectivity index (χ0) is 9.03. The smallest absolute Gasteiger partial charge is 0.0603 e. The van der Waals surface area contributed by atoms with Crippen LogP contribution in [0, 0.1) is 0 Å². The third-order valence-electron chi connectivity index (χ3n) is 2.42. The maximum atomic E-state index is 4.57. The van der Waals surface area contributed by atoms with Crippen LogP contribution in [0.1, 0.15) is 59.3 Å². The molecular formula is C11H21N. The van der Waals surface area contributed by atoms with Crippen LogP contribution in [0.5, 0.6) is 0 Å². The Morgan fingerprint density at radius 2 is 1.92 bits per heavy atom. The van der Waals surface area contributed by atoms with Crippen molar-refractivity contribution in [1.82, 2.24) is 0 Å². The van der Waals surface area contributed by atoms with Crippen molar-refractivity contribution in [3.8, 4) is 0 Å². The normalized spacial score (nSPS) is 20.1. The van der Waals surface area contributed by atoms with Gasteiger partial charge in [0, 0.05) is 12.1 Å². The molecule has 0 aromatic heterocycles. The van der Waals surface area contributed by atoms with Gasteiger partial charge in [0.25, 0.3) is 0 Å². The molecule has 1 heteroatoms. The van der Waals surface area contributed by atoms with Crippen molar-refractivity contribution < 1.29 is 0 Å². The first-order valence-electron chi connectivity index (χ1n) is 5.21. The molecule has 1 rings (SSSR count). The predicted molar refractivity (Wildman–Crippen MR) is 54.9 cm³/mol. The van der Waals surface area contributed by atoms with Crippen LogP contribution < -0.4 is 0 Å². The summed E-state index contributed by atoms with van der Waals surface area (Å²) in [6.45, 7) is 6.68. The molecule has 0 aromatic carbocycles. The van der Waals surface area contributed by atoms with Crippen molar-refractivity contribution in [1.29, 1.82) is 0 Å². The Balaban J connectivity index is 2.03. The van der Waals surface area contributed by atoms with Crippen LogP contribution in [-0.4, -0.2) is 11.3 Å². The molecule has 0 aliphatic carbocycles. The summed E-state index contributed by atoms with van der Waals surface area (Å²) in [5.74, 6) is 0. The highest BCUT2D eigenvalue weighted by Gasteiger charge is 2.27. The van der Waals surface area contributed by atoms with E-state index in [-0.39, 0.29) is 5.54 Å². The summed E-state index contributed by atoms with van der Waals surface area (Å²) in [6.07, 6.45) is 7.94. The monoisotopic (exact) mass is 167 g/mol. The van der Waals surface area contributed by atoms with Crippen molar-refractivity contribution in [3.05, 3.63) is 0 Å². The minimum absolute atomic E-state index is 0.278. The SMILES string of the molecule is CCCCCCC1=NC(C)(C)C1. The molecule has 0 spiro atoms. The highest BCUT2D eigenvalue weighted by atomic mass is 14.9. The fourth-order valence-corrected chi connectivity index (χ4v) is 1.82. The standard InChI is InChI=1S/C11H21N/c1-4-5-6-7-8-10-9-11(2,3)12-10/h4-9H2,1-3H3. The molecule has 0 saturated carbocycles. The Labute approximate surface area is 76.3 Å². The van der Waals surface area contributed by atoms with E-state index >= 15 is 0 Å². The average molecular weight is 167 g/mol. The summed E-state index contributed by atoms with van der Waals surface area (Å²) in [4.78, 5) is 4.57. The second-order valence-electron chi connectivity index (χ2n) is 4.48. The summed E-state index contributed by atoms with van der Waals surface area (Å²) in [7, 11) is 0. The summed E-state index contributed by atoms with van der Waals surface area (Å²) in [5, 5.41) is 0. The summed E-state index contributed by atoms with van der Waals surface area (Å²) < 4.78 is 0. The van der Waals surface area contributed by atoms with E-state index in [2.05, 4.69) is 25.8 Å². The first-order chi connectivity index (χ1) is 5.64. The van der Waals surface area contributed by atoms with Gasteiger partial charge in [0.05, 0.1) is 5.54 Å². The largest absolute Gasteiger partial charge is 0.288 e. The van der Waals surface area contributed by atoms with Gasteiger partial charge in [-0.2, -0.15) is 0 Å². The highest BCUT2D eigenvalue weighted by molar-refractivity contribution is 5.90. The van der Waals surface area contributed by atoms with E-state index in [9.17, 15) is 0 Å². The van der Waals surface area contributed by atoms with Gasteiger partial charge >= 0.3 is 0 Å². The van der Waals surface area contributed by atoms with Gasteiger partial charge in [-0.25, -0.2) is 0 Å². The number of hydrogen-bond donors (Lipinski definition) is 0. The number of unbranched alkanes of at least 4 members (excludes halogenated alkanes) is 3. The summed E-state index contributed by atoms with van der Waals surface area (Å²) >= 11 is 0. The first kappa shape index (κ1) is 9.76.